The highest BCUT2D eigenvalue weighted by molar-refractivity contribution is 7.22. The third-order valence-corrected chi connectivity index (χ3v) is 4.88. The summed E-state index contributed by atoms with van der Waals surface area (Å²) in [6.45, 7) is 1.62. The second kappa shape index (κ2) is 8.71. The van der Waals surface area contributed by atoms with Crippen LogP contribution in [-0.2, 0) is 20.7 Å². The van der Waals surface area contributed by atoms with Crippen LogP contribution in [0.4, 0.5) is 5.13 Å². The molecule has 1 N–H and O–H groups in total. The number of hydrogen-bond donors (Lipinski definition) is 1. The van der Waals surface area contributed by atoms with E-state index in [-0.39, 0.29) is 13.0 Å². The summed E-state index contributed by atoms with van der Waals surface area (Å²) in [5, 5.41) is 3.13. The standard InChI is InChI=1S/C20H20N2O5S/c1-12-4-6-14-17(8-12)28-20(21-14)22-18(23)11-27-19(24)10-13-5-7-15(25-2)16(9-13)26-3/h4-9H,10-11H2,1-3H3,(H,21,22,23). The van der Waals surface area contributed by atoms with Gasteiger partial charge in [-0.1, -0.05) is 23.5 Å². The van der Waals surface area contributed by atoms with Gasteiger partial charge < -0.3 is 14.2 Å². The molecule has 7 nitrogen and oxygen atoms in total. The Morgan fingerprint density at radius 3 is 2.61 bits per heavy atom. The monoisotopic (exact) mass is 400 g/mol. The third kappa shape index (κ3) is 4.77. The molecule has 0 spiro atoms. The second-order valence-electron chi connectivity index (χ2n) is 6.07. The number of esters is 1. The van der Waals surface area contributed by atoms with E-state index in [1.165, 1.54) is 25.6 Å². The molecule has 3 aromatic rings. The van der Waals surface area contributed by atoms with Gasteiger partial charge in [0.2, 0.25) is 0 Å². The lowest BCUT2D eigenvalue weighted by molar-refractivity contribution is -0.146. The van der Waals surface area contributed by atoms with Gasteiger partial charge in [-0.3, -0.25) is 14.9 Å². The quantitative estimate of drug-likeness (QED) is 0.612. The maximum Gasteiger partial charge on any atom is 0.310 e. The smallest absolute Gasteiger partial charge is 0.310 e. The summed E-state index contributed by atoms with van der Waals surface area (Å²) in [7, 11) is 3.06. The number of nitrogens with zero attached hydrogens (tertiary/aromatic N) is 1. The lowest BCUT2D eigenvalue weighted by Crippen LogP contribution is -2.21. The number of amides is 1. The summed E-state index contributed by atoms with van der Waals surface area (Å²) in [5.74, 6) is 0.153. The minimum Gasteiger partial charge on any atom is -0.493 e. The van der Waals surface area contributed by atoms with Crippen LogP contribution >= 0.6 is 11.3 Å². The molecule has 0 fully saturated rings. The maximum atomic E-state index is 12.0. The van der Waals surface area contributed by atoms with E-state index in [2.05, 4.69) is 10.3 Å². The average Bonchev–Trinajstić information content (AvgIpc) is 3.07. The lowest BCUT2D eigenvalue weighted by Gasteiger charge is -2.09. The first kappa shape index (κ1) is 19.6. The number of methoxy groups -OCH3 is 2. The van der Waals surface area contributed by atoms with Gasteiger partial charge in [0.25, 0.3) is 5.91 Å². The highest BCUT2D eigenvalue weighted by Gasteiger charge is 2.13. The van der Waals surface area contributed by atoms with E-state index in [0.29, 0.717) is 22.2 Å². The van der Waals surface area contributed by atoms with Crippen molar-refractivity contribution in [3.63, 3.8) is 0 Å². The number of fused-ring (bicyclic) bond motifs is 1. The van der Waals surface area contributed by atoms with E-state index in [1.54, 1.807) is 18.2 Å². The van der Waals surface area contributed by atoms with Crippen molar-refractivity contribution in [1.29, 1.82) is 0 Å². The van der Waals surface area contributed by atoms with Gasteiger partial charge >= 0.3 is 5.97 Å². The molecule has 0 saturated heterocycles. The molecule has 1 aromatic heterocycles. The average molecular weight is 400 g/mol. The largest absolute Gasteiger partial charge is 0.493 e. The van der Waals surface area contributed by atoms with Crippen LogP contribution in [0.15, 0.2) is 36.4 Å². The Bertz CT molecular complexity index is 1010. The summed E-state index contributed by atoms with van der Waals surface area (Å²) in [6, 6.07) is 11.0. The fourth-order valence-electron chi connectivity index (χ4n) is 2.59. The van der Waals surface area contributed by atoms with Crippen LogP contribution in [0, 0.1) is 6.92 Å². The van der Waals surface area contributed by atoms with Gasteiger partial charge in [-0.15, -0.1) is 0 Å². The van der Waals surface area contributed by atoms with Gasteiger partial charge in [-0.05, 0) is 42.3 Å². The molecule has 0 aliphatic rings. The molecule has 1 amide bonds. The molecule has 0 radical (unpaired) electrons. The molecule has 3 rings (SSSR count). The third-order valence-electron chi connectivity index (χ3n) is 3.95. The molecular formula is C20H20N2O5S. The van der Waals surface area contributed by atoms with Crippen molar-refractivity contribution in [2.75, 3.05) is 26.1 Å². The van der Waals surface area contributed by atoms with E-state index in [4.69, 9.17) is 14.2 Å². The van der Waals surface area contributed by atoms with E-state index >= 15 is 0 Å². The number of anilines is 1. The number of ether oxygens (including phenoxy) is 3. The predicted octanol–water partition coefficient (Wildman–Crippen LogP) is 3.35. The van der Waals surface area contributed by atoms with Crippen molar-refractivity contribution < 1.29 is 23.8 Å². The van der Waals surface area contributed by atoms with Crippen LogP contribution in [0.5, 0.6) is 11.5 Å². The van der Waals surface area contributed by atoms with E-state index < -0.39 is 11.9 Å². The van der Waals surface area contributed by atoms with Crippen LogP contribution in [0.2, 0.25) is 0 Å². The molecule has 8 heteroatoms. The highest BCUT2D eigenvalue weighted by Crippen LogP contribution is 2.28. The van der Waals surface area contributed by atoms with Gasteiger partial charge in [0.15, 0.2) is 23.2 Å². The number of aryl methyl sites for hydroxylation is 1. The molecule has 0 bridgehead atoms. The Kier molecular flexibility index (Phi) is 6.10. The van der Waals surface area contributed by atoms with Crippen LogP contribution < -0.4 is 14.8 Å². The molecule has 0 aliphatic heterocycles. The van der Waals surface area contributed by atoms with Crippen molar-refractivity contribution >= 4 is 38.6 Å². The summed E-state index contributed by atoms with van der Waals surface area (Å²) in [6.07, 6.45) is 0.0219. The zero-order valence-corrected chi connectivity index (χ0v) is 16.6. The van der Waals surface area contributed by atoms with Crippen LogP contribution in [-0.4, -0.2) is 37.7 Å². The number of benzene rings is 2. The number of nitrogens with one attached hydrogen (secondary N) is 1. The van der Waals surface area contributed by atoms with Gasteiger partial charge in [-0.2, -0.15) is 0 Å². The molecular weight excluding hydrogens is 380 g/mol. The van der Waals surface area contributed by atoms with E-state index in [9.17, 15) is 9.59 Å². The van der Waals surface area contributed by atoms with Crippen molar-refractivity contribution in [3.8, 4) is 11.5 Å². The molecule has 0 aliphatic carbocycles. The first-order chi connectivity index (χ1) is 13.5. The number of rotatable bonds is 7. The summed E-state index contributed by atoms with van der Waals surface area (Å²) in [4.78, 5) is 28.4. The minimum absolute atomic E-state index is 0.0219. The van der Waals surface area contributed by atoms with Gasteiger partial charge in [0, 0.05) is 0 Å². The molecule has 0 saturated carbocycles. The molecule has 2 aromatic carbocycles. The van der Waals surface area contributed by atoms with Gasteiger partial charge in [0.05, 0.1) is 30.9 Å². The molecule has 0 unspecified atom stereocenters. The Morgan fingerprint density at radius 1 is 1.07 bits per heavy atom. The molecule has 146 valence electrons. The first-order valence-electron chi connectivity index (χ1n) is 8.52. The Labute approximate surface area is 166 Å². The van der Waals surface area contributed by atoms with Crippen LogP contribution in [0.25, 0.3) is 10.2 Å². The highest BCUT2D eigenvalue weighted by atomic mass is 32.1. The summed E-state index contributed by atoms with van der Waals surface area (Å²) < 4.78 is 16.4. The number of carbonyl (C=O) groups is 2. The SMILES string of the molecule is COc1ccc(CC(=O)OCC(=O)Nc2nc3ccc(C)cc3s2)cc1OC. The molecule has 28 heavy (non-hydrogen) atoms. The van der Waals surface area contributed by atoms with Gasteiger partial charge in [0.1, 0.15) is 0 Å². The Hall–Kier alpha value is -3.13. The molecule has 0 atom stereocenters. The van der Waals surface area contributed by atoms with E-state index in [1.807, 2.05) is 25.1 Å². The minimum atomic E-state index is -0.512. The van der Waals surface area contributed by atoms with Crippen molar-refractivity contribution in [2.45, 2.75) is 13.3 Å². The summed E-state index contributed by atoms with van der Waals surface area (Å²) in [5.41, 5.74) is 2.64. The first-order valence-corrected chi connectivity index (χ1v) is 9.33. The Morgan fingerprint density at radius 2 is 1.86 bits per heavy atom. The van der Waals surface area contributed by atoms with Crippen LogP contribution in [0.3, 0.4) is 0 Å². The summed E-state index contributed by atoms with van der Waals surface area (Å²) >= 11 is 1.37. The van der Waals surface area contributed by atoms with Crippen molar-refractivity contribution in [2.24, 2.45) is 0 Å². The van der Waals surface area contributed by atoms with E-state index in [0.717, 1.165) is 15.8 Å². The normalized spacial score (nSPS) is 10.5. The number of aromatic nitrogens is 1. The fourth-order valence-corrected chi connectivity index (χ4v) is 3.58. The fraction of sp³-hybridized carbons (Fsp3) is 0.250. The van der Waals surface area contributed by atoms with Gasteiger partial charge in [-0.25, -0.2) is 4.98 Å². The lowest BCUT2D eigenvalue weighted by atomic mass is 10.1. The topological polar surface area (TPSA) is 86.8 Å². The van der Waals surface area contributed by atoms with Crippen LogP contribution in [0.1, 0.15) is 11.1 Å². The zero-order valence-electron chi connectivity index (χ0n) is 15.8. The number of thiazole rings is 1. The predicted molar refractivity (Wildman–Crippen MR) is 107 cm³/mol. The number of hydrogen-bond acceptors (Lipinski definition) is 7. The van der Waals surface area contributed by atoms with Crippen molar-refractivity contribution in [1.82, 2.24) is 4.98 Å². The van der Waals surface area contributed by atoms with Crippen molar-refractivity contribution in [3.05, 3.63) is 47.5 Å². The molecule has 1 heterocycles. The second-order valence-corrected chi connectivity index (χ2v) is 7.10. The zero-order chi connectivity index (χ0) is 20.1. The maximum absolute atomic E-state index is 12.0. The Balaban J connectivity index is 1.53. The number of carbonyl (C=O) groups excluding carboxylic acids is 2.